The molecule has 14 heavy (non-hydrogen) atoms. The quantitative estimate of drug-likeness (QED) is 0.555. The van der Waals surface area contributed by atoms with Gasteiger partial charge in [0, 0.05) is 6.07 Å². The lowest BCUT2D eigenvalue weighted by Gasteiger charge is -2.19. The van der Waals surface area contributed by atoms with Crippen LogP contribution in [0.5, 0.6) is 5.88 Å². The first-order valence-corrected chi connectivity index (χ1v) is 4.49. The summed E-state index contributed by atoms with van der Waals surface area (Å²) in [6.07, 6.45) is 5.28. The van der Waals surface area contributed by atoms with E-state index in [1.807, 2.05) is 0 Å². The number of rotatable bonds is 2. The second kappa shape index (κ2) is 3.85. The van der Waals surface area contributed by atoms with Crippen molar-refractivity contribution in [3.8, 4) is 18.2 Å². The smallest absolute Gasteiger partial charge is 0.219 e. The molecule has 0 aliphatic rings. The predicted octanol–water partition coefficient (Wildman–Crippen LogP) is 2.23. The number of aryl methyl sites for hydroxylation is 1. The molecule has 0 saturated carbocycles. The highest BCUT2D eigenvalue weighted by Gasteiger charge is 2.16. The highest BCUT2D eigenvalue weighted by molar-refractivity contribution is 6.29. The molecule has 0 spiro atoms. The molecule has 0 aromatic carbocycles. The van der Waals surface area contributed by atoms with Gasteiger partial charge in [-0.1, -0.05) is 17.5 Å². The van der Waals surface area contributed by atoms with Crippen molar-refractivity contribution in [3.05, 3.63) is 17.0 Å². The van der Waals surface area contributed by atoms with E-state index >= 15 is 0 Å². The molecule has 0 aliphatic heterocycles. The van der Waals surface area contributed by atoms with E-state index in [4.69, 9.17) is 22.8 Å². The van der Waals surface area contributed by atoms with Crippen LogP contribution in [0.2, 0.25) is 5.15 Å². The minimum absolute atomic E-state index is 0.348. The number of halogens is 1. The van der Waals surface area contributed by atoms with Crippen LogP contribution in [0, 0.1) is 19.3 Å². The van der Waals surface area contributed by atoms with Crippen LogP contribution in [-0.4, -0.2) is 15.6 Å². The third-order valence-corrected chi connectivity index (χ3v) is 1.68. The average Bonchev–Trinajstić information content (AvgIpc) is 2.01. The fraction of sp³-hybridized carbons (Fsp3) is 0.400. The van der Waals surface area contributed by atoms with E-state index < -0.39 is 5.60 Å². The van der Waals surface area contributed by atoms with Gasteiger partial charge in [-0.25, -0.2) is 4.98 Å². The number of hydrogen-bond donors (Lipinski definition) is 0. The molecule has 3 nitrogen and oxygen atoms in total. The van der Waals surface area contributed by atoms with Crippen molar-refractivity contribution in [2.24, 2.45) is 0 Å². The monoisotopic (exact) mass is 210 g/mol. The molecule has 0 fully saturated rings. The van der Waals surface area contributed by atoms with Crippen LogP contribution in [0.1, 0.15) is 19.7 Å². The lowest BCUT2D eigenvalue weighted by molar-refractivity contribution is 0.164. The number of hydrogen-bond acceptors (Lipinski definition) is 3. The molecular formula is C10H11ClN2O. The van der Waals surface area contributed by atoms with Gasteiger partial charge >= 0.3 is 0 Å². The first-order valence-electron chi connectivity index (χ1n) is 4.11. The fourth-order valence-electron chi connectivity index (χ4n) is 0.849. The van der Waals surface area contributed by atoms with Gasteiger partial charge in [-0.3, -0.25) is 0 Å². The molecule has 0 atom stereocenters. The van der Waals surface area contributed by atoms with Crippen LogP contribution in [-0.2, 0) is 0 Å². The van der Waals surface area contributed by atoms with E-state index in [0.717, 1.165) is 0 Å². The van der Waals surface area contributed by atoms with Crippen molar-refractivity contribution in [1.29, 1.82) is 0 Å². The van der Waals surface area contributed by atoms with Crippen molar-refractivity contribution < 1.29 is 4.74 Å². The Hall–Kier alpha value is -1.27. The molecule has 1 heterocycles. The maximum atomic E-state index is 5.74. The van der Waals surface area contributed by atoms with E-state index in [1.165, 1.54) is 6.07 Å². The summed E-state index contributed by atoms with van der Waals surface area (Å²) in [5.74, 6) is 3.45. The van der Waals surface area contributed by atoms with Crippen molar-refractivity contribution in [1.82, 2.24) is 9.97 Å². The largest absolute Gasteiger partial charge is 0.458 e. The molecule has 1 aromatic heterocycles. The Balaban J connectivity index is 2.94. The Kier molecular flexibility index (Phi) is 2.97. The van der Waals surface area contributed by atoms with Crippen molar-refractivity contribution in [2.75, 3.05) is 0 Å². The zero-order valence-electron chi connectivity index (χ0n) is 8.34. The normalized spacial score (nSPS) is 10.8. The molecule has 0 saturated heterocycles. The van der Waals surface area contributed by atoms with Crippen LogP contribution in [0.3, 0.4) is 0 Å². The Morgan fingerprint density at radius 2 is 2.14 bits per heavy atom. The van der Waals surface area contributed by atoms with Gasteiger partial charge in [0.15, 0.2) is 5.60 Å². The molecule has 0 amide bonds. The minimum Gasteiger partial charge on any atom is -0.458 e. The first kappa shape index (κ1) is 10.8. The second-order valence-electron chi connectivity index (χ2n) is 3.33. The highest BCUT2D eigenvalue weighted by atomic mass is 35.5. The average molecular weight is 211 g/mol. The Morgan fingerprint density at radius 1 is 1.50 bits per heavy atom. The van der Waals surface area contributed by atoms with Crippen molar-refractivity contribution in [3.63, 3.8) is 0 Å². The summed E-state index contributed by atoms with van der Waals surface area (Å²) < 4.78 is 5.44. The van der Waals surface area contributed by atoms with Crippen LogP contribution in [0.15, 0.2) is 6.07 Å². The third-order valence-electron chi connectivity index (χ3n) is 1.49. The molecule has 0 radical (unpaired) electrons. The first-order chi connectivity index (χ1) is 6.43. The summed E-state index contributed by atoms with van der Waals surface area (Å²) in [6, 6.07) is 1.54. The minimum atomic E-state index is -0.690. The fourth-order valence-corrected chi connectivity index (χ4v) is 1.06. The van der Waals surface area contributed by atoms with Crippen molar-refractivity contribution >= 4 is 11.6 Å². The van der Waals surface area contributed by atoms with Gasteiger partial charge in [0.2, 0.25) is 5.88 Å². The summed E-state index contributed by atoms with van der Waals surface area (Å²) in [7, 11) is 0. The maximum Gasteiger partial charge on any atom is 0.219 e. The van der Waals surface area contributed by atoms with Gasteiger partial charge in [0.25, 0.3) is 0 Å². The second-order valence-corrected chi connectivity index (χ2v) is 3.72. The van der Waals surface area contributed by atoms with E-state index in [2.05, 4.69) is 15.9 Å². The number of nitrogens with zero attached hydrogens (tertiary/aromatic N) is 2. The summed E-state index contributed by atoms with van der Waals surface area (Å²) in [5.41, 5.74) is -0.690. The van der Waals surface area contributed by atoms with E-state index in [9.17, 15) is 0 Å². The van der Waals surface area contributed by atoms with Crippen LogP contribution in [0.4, 0.5) is 0 Å². The Bertz CT molecular complexity index is 362. The number of terminal acetylenes is 1. The van der Waals surface area contributed by atoms with Gasteiger partial charge in [0.05, 0.1) is 0 Å². The zero-order chi connectivity index (χ0) is 10.8. The lowest BCUT2D eigenvalue weighted by atomic mass is 10.1. The Morgan fingerprint density at radius 3 is 2.64 bits per heavy atom. The topological polar surface area (TPSA) is 35.0 Å². The third kappa shape index (κ3) is 2.90. The van der Waals surface area contributed by atoms with Crippen LogP contribution in [0.25, 0.3) is 0 Å². The van der Waals surface area contributed by atoms with E-state index in [1.54, 1.807) is 20.8 Å². The molecule has 0 bridgehead atoms. The SMILES string of the molecule is C#CC(C)(C)Oc1cc(Cl)nc(C)n1. The van der Waals surface area contributed by atoms with Gasteiger partial charge < -0.3 is 4.74 Å². The van der Waals surface area contributed by atoms with Crippen LogP contribution < -0.4 is 4.74 Å². The predicted molar refractivity (Wildman–Crippen MR) is 55.3 cm³/mol. The number of aromatic nitrogens is 2. The Labute approximate surface area is 88.5 Å². The molecule has 0 aliphatic carbocycles. The number of ether oxygens (including phenoxy) is 1. The lowest BCUT2D eigenvalue weighted by Crippen LogP contribution is -2.26. The van der Waals surface area contributed by atoms with Crippen molar-refractivity contribution in [2.45, 2.75) is 26.4 Å². The van der Waals surface area contributed by atoms with Gasteiger partial charge in [0.1, 0.15) is 11.0 Å². The zero-order valence-corrected chi connectivity index (χ0v) is 9.09. The molecular weight excluding hydrogens is 200 g/mol. The summed E-state index contributed by atoms with van der Waals surface area (Å²) in [4.78, 5) is 7.97. The van der Waals surface area contributed by atoms with Gasteiger partial charge in [-0.05, 0) is 20.8 Å². The highest BCUT2D eigenvalue weighted by Crippen LogP contribution is 2.18. The van der Waals surface area contributed by atoms with E-state index in [0.29, 0.717) is 16.9 Å². The molecule has 4 heteroatoms. The maximum absolute atomic E-state index is 5.74. The van der Waals surface area contributed by atoms with Crippen LogP contribution >= 0.6 is 11.6 Å². The van der Waals surface area contributed by atoms with Gasteiger partial charge in [-0.15, -0.1) is 6.42 Å². The summed E-state index contributed by atoms with van der Waals surface area (Å²) >= 11 is 5.74. The molecule has 0 unspecified atom stereocenters. The summed E-state index contributed by atoms with van der Waals surface area (Å²) in [6.45, 7) is 5.29. The standard InChI is InChI=1S/C10H11ClN2O/c1-5-10(3,4)14-9-6-8(11)12-7(2)13-9/h1,6H,2-4H3. The van der Waals surface area contributed by atoms with Gasteiger partial charge in [-0.2, -0.15) is 4.98 Å². The van der Waals surface area contributed by atoms with E-state index in [-0.39, 0.29) is 0 Å². The molecule has 1 aromatic rings. The summed E-state index contributed by atoms with van der Waals surface area (Å²) in [5, 5.41) is 0.348. The molecule has 1 rings (SSSR count). The molecule has 0 N–H and O–H groups in total. The molecule has 74 valence electrons.